The number of nitrogens with zero attached hydrogens (tertiary/aromatic N) is 1. The summed E-state index contributed by atoms with van der Waals surface area (Å²) in [5, 5.41) is 2.97. The molecule has 2 fully saturated rings. The third-order valence-corrected chi connectivity index (χ3v) is 4.98. The molecule has 1 saturated carbocycles. The lowest BCUT2D eigenvalue weighted by atomic mass is 10.00. The Morgan fingerprint density at radius 3 is 2.54 bits per heavy atom. The molecule has 0 bridgehead atoms. The van der Waals surface area contributed by atoms with E-state index in [1.165, 1.54) is 0 Å². The monoisotopic (exact) mass is 351 g/mol. The summed E-state index contributed by atoms with van der Waals surface area (Å²) in [6, 6.07) is 8.04. The van der Waals surface area contributed by atoms with Crippen LogP contribution in [0, 0.1) is 5.92 Å². The Morgan fingerprint density at radius 2 is 1.96 bits per heavy atom. The normalized spacial score (nSPS) is 23.2. The first-order valence-electron chi connectivity index (χ1n) is 8.55. The van der Waals surface area contributed by atoms with E-state index in [4.69, 9.17) is 5.73 Å². The largest absolute Gasteiger partial charge is 0.352 e. The molecule has 1 aliphatic carbocycles. The van der Waals surface area contributed by atoms with E-state index in [0.29, 0.717) is 25.3 Å². The van der Waals surface area contributed by atoms with Gasteiger partial charge in [-0.3, -0.25) is 9.59 Å². The van der Waals surface area contributed by atoms with Gasteiger partial charge in [0.25, 0.3) is 0 Å². The molecule has 0 unspecified atom stereocenters. The number of hydrogen-bond acceptors (Lipinski definition) is 3. The molecule has 1 aromatic rings. The molecule has 2 amide bonds. The molecule has 2 aliphatic rings. The van der Waals surface area contributed by atoms with Crippen LogP contribution in [0.15, 0.2) is 24.3 Å². The first-order chi connectivity index (χ1) is 11.1. The van der Waals surface area contributed by atoms with E-state index in [2.05, 4.69) is 5.32 Å². The van der Waals surface area contributed by atoms with Crippen LogP contribution < -0.4 is 16.0 Å². The minimum atomic E-state index is 0. The summed E-state index contributed by atoms with van der Waals surface area (Å²) >= 11 is 0. The molecule has 3 N–H and O–H groups in total. The fourth-order valence-electron chi connectivity index (χ4n) is 3.54. The number of halogens is 1. The Morgan fingerprint density at radius 1 is 1.21 bits per heavy atom. The van der Waals surface area contributed by atoms with Crippen LogP contribution in [0.25, 0.3) is 0 Å². The molecule has 1 saturated heterocycles. The third kappa shape index (κ3) is 4.48. The maximum absolute atomic E-state index is 12.0. The maximum Gasteiger partial charge on any atom is 0.227 e. The molecular weight excluding hydrogens is 326 g/mol. The zero-order chi connectivity index (χ0) is 16.2. The van der Waals surface area contributed by atoms with Crippen LogP contribution in [0.5, 0.6) is 0 Å². The molecule has 132 valence electrons. The topological polar surface area (TPSA) is 75.4 Å². The van der Waals surface area contributed by atoms with Crippen LogP contribution in [0.3, 0.4) is 0 Å². The van der Waals surface area contributed by atoms with E-state index in [1.54, 1.807) is 0 Å². The van der Waals surface area contributed by atoms with E-state index < -0.39 is 0 Å². The average Bonchev–Trinajstić information content (AvgIpc) is 3.15. The number of carbonyl (C=O) groups is 2. The van der Waals surface area contributed by atoms with Crippen LogP contribution in [-0.2, 0) is 16.1 Å². The second-order valence-electron chi connectivity index (χ2n) is 6.65. The number of hydrogen-bond donors (Lipinski definition) is 2. The van der Waals surface area contributed by atoms with Crippen molar-refractivity contribution in [3.63, 3.8) is 0 Å². The highest BCUT2D eigenvalue weighted by Crippen LogP contribution is 2.26. The van der Waals surface area contributed by atoms with Gasteiger partial charge in [0.1, 0.15) is 0 Å². The van der Waals surface area contributed by atoms with E-state index >= 15 is 0 Å². The third-order valence-electron chi connectivity index (χ3n) is 4.98. The van der Waals surface area contributed by atoms with Gasteiger partial charge in [0.05, 0.1) is 0 Å². The van der Waals surface area contributed by atoms with Crippen molar-refractivity contribution >= 4 is 29.9 Å². The average molecular weight is 352 g/mol. The van der Waals surface area contributed by atoms with Gasteiger partial charge in [-0.15, -0.1) is 12.4 Å². The number of nitrogens with two attached hydrogens (primary N) is 1. The molecule has 6 heteroatoms. The van der Waals surface area contributed by atoms with E-state index in [9.17, 15) is 9.59 Å². The van der Waals surface area contributed by atoms with Gasteiger partial charge in [-0.2, -0.15) is 0 Å². The number of carbonyl (C=O) groups excluding carboxylic acids is 2. The molecule has 0 spiro atoms. The Hall–Kier alpha value is -1.59. The summed E-state index contributed by atoms with van der Waals surface area (Å²) < 4.78 is 0. The van der Waals surface area contributed by atoms with Crippen molar-refractivity contribution in [2.75, 3.05) is 11.4 Å². The minimum absolute atomic E-state index is 0. The minimum Gasteiger partial charge on any atom is -0.352 e. The van der Waals surface area contributed by atoms with Crippen LogP contribution in [0.2, 0.25) is 0 Å². The van der Waals surface area contributed by atoms with Gasteiger partial charge in [-0.25, -0.2) is 0 Å². The van der Waals surface area contributed by atoms with Gasteiger partial charge >= 0.3 is 0 Å². The lowest BCUT2D eigenvalue weighted by Crippen LogP contribution is -2.31. The molecule has 1 heterocycles. The second-order valence-corrected chi connectivity index (χ2v) is 6.65. The molecule has 3 rings (SSSR count). The van der Waals surface area contributed by atoms with Crippen molar-refractivity contribution < 1.29 is 9.59 Å². The summed E-state index contributed by atoms with van der Waals surface area (Å²) in [7, 11) is 0. The molecule has 24 heavy (non-hydrogen) atoms. The van der Waals surface area contributed by atoms with Crippen LogP contribution in [0.1, 0.15) is 44.1 Å². The number of nitrogens with one attached hydrogen (secondary N) is 1. The highest BCUT2D eigenvalue weighted by Gasteiger charge is 2.26. The zero-order valence-electron chi connectivity index (χ0n) is 13.9. The lowest BCUT2D eigenvalue weighted by Gasteiger charge is -2.16. The van der Waals surface area contributed by atoms with Gasteiger partial charge in [0, 0.05) is 37.7 Å². The molecule has 1 aromatic carbocycles. The van der Waals surface area contributed by atoms with Crippen LogP contribution >= 0.6 is 12.4 Å². The van der Waals surface area contributed by atoms with E-state index in [-0.39, 0.29) is 30.3 Å². The summed E-state index contributed by atoms with van der Waals surface area (Å²) in [5.41, 5.74) is 8.00. The Labute approximate surface area is 149 Å². The molecule has 0 radical (unpaired) electrons. The van der Waals surface area contributed by atoms with Crippen LogP contribution in [0.4, 0.5) is 5.69 Å². The quantitative estimate of drug-likeness (QED) is 0.855. The van der Waals surface area contributed by atoms with Crippen molar-refractivity contribution in [3.8, 4) is 0 Å². The molecule has 1 aliphatic heterocycles. The second kappa shape index (κ2) is 8.49. The van der Waals surface area contributed by atoms with Crippen molar-refractivity contribution in [3.05, 3.63) is 29.8 Å². The van der Waals surface area contributed by atoms with Crippen molar-refractivity contribution in [2.45, 2.75) is 51.1 Å². The van der Waals surface area contributed by atoms with Crippen molar-refractivity contribution in [1.82, 2.24) is 5.32 Å². The van der Waals surface area contributed by atoms with Gasteiger partial charge in [-0.05, 0) is 42.9 Å². The van der Waals surface area contributed by atoms with E-state index in [0.717, 1.165) is 43.5 Å². The first kappa shape index (κ1) is 18.7. The SMILES string of the molecule is Cl.N[C@@H]1CCC[C@H]1CC(=O)NCc1ccc(N2CCCC2=O)cc1. The van der Waals surface area contributed by atoms with Crippen LogP contribution in [-0.4, -0.2) is 24.4 Å². The zero-order valence-corrected chi connectivity index (χ0v) is 14.7. The standard InChI is InChI=1S/C18H25N3O2.ClH/c19-16-4-1-3-14(16)11-17(22)20-12-13-6-8-15(9-7-13)21-10-2-5-18(21)23;/h6-9,14,16H,1-5,10-12,19H2,(H,20,22);1H/t14-,16+;/m0./s1. The van der Waals surface area contributed by atoms with Gasteiger partial charge in [-0.1, -0.05) is 18.6 Å². The number of anilines is 1. The van der Waals surface area contributed by atoms with Gasteiger partial charge in [0.15, 0.2) is 0 Å². The first-order valence-corrected chi connectivity index (χ1v) is 8.55. The Balaban J connectivity index is 0.00000208. The predicted molar refractivity (Wildman–Crippen MR) is 97.1 cm³/mol. The molecule has 0 aromatic heterocycles. The van der Waals surface area contributed by atoms with Crippen molar-refractivity contribution in [2.24, 2.45) is 11.7 Å². The lowest BCUT2D eigenvalue weighted by molar-refractivity contribution is -0.122. The van der Waals surface area contributed by atoms with E-state index in [1.807, 2.05) is 29.2 Å². The van der Waals surface area contributed by atoms with Crippen molar-refractivity contribution in [1.29, 1.82) is 0 Å². The summed E-state index contributed by atoms with van der Waals surface area (Å²) in [6.07, 6.45) is 5.33. The fourth-order valence-corrected chi connectivity index (χ4v) is 3.54. The highest BCUT2D eigenvalue weighted by atomic mass is 35.5. The molecular formula is C18H26ClN3O2. The number of rotatable bonds is 5. The number of benzene rings is 1. The summed E-state index contributed by atoms with van der Waals surface area (Å²) in [4.78, 5) is 25.6. The molecule has 5 nitrogen and oxygen atoms in total. The smallest absolute Gasteiger partial charge is 0.227 e. The Bertz CT molecular complexity index is 576. The summed E-state index contributed by atoms with van der Waals surface area (Å²) in [5.74, 6) is 0.601. The highest BCUT2D eigenvalue weighted by molar-refractivity contribution is 5.95. The van der Waals surface area contributed by atoms with Gasteiger partial charge in [0.2, 0.25) is 11.8 Å². The molecule has 2 atom stereocenters. The predicted octanol–water partition coefficient (Wildman–Crippen LogP) is 2.37. The fraction of sp³-hybridized carbons (Fsp3) is 0.556. The number of amides is 2. The summed E-state index contributed by atoms with van der Waals surface area (Å²) in [6.45, 7) is 1.32. The maximum atomic E-state index is 12.0. The Kier molecular flexibility index (Phi) is 6.63. The van der Waals surface area contributed by atoms with Gasteiger partial charge < -0.3 is 16.0 Å².